The van der Waals surface area contributed by atoms with Crippen LogP contribution in [0.1, 0.15) is 25.0 Å². The van der Waals surface area contributed by atoms with Crippen molar-refractivity contribution in [1.82, 2.24) is 5.32 Å². The van der Waals surface area contributed by atoms with Gasteiger partial charge in [0, 0.05) is 12.6 Å². The van der Waals surface area contributed by atoms with Crippen molar-refractivity contribution in [2.45, 2.75) is 25.5 Å². The van der Waals surface area contributed by atoms with Crippen LogP contribution < -0.4 is 10.1 Å². The maximum Gasteiger partial charge on any atom is 0.118 e. The minimum absolute atomic E-state index is 0.0430. The van der Waals surface area contributed by atoms with E-state index in [-0.39, 0.29) is 6.04 Å². The Morgan fingerprint density at radius 3 is 2.53 bits per heavy atom. The topological polar surface area (TPSA) is 41.5 Å². The predicted octanol–water partition coefficient (Wildman–Crippen LogP) is 2.28. The molecule has 1 aromatic carbocycles. The van der Waals surface area contributed by atoms with Gasteiger partial charge < -0.3 is 15.2 Å². The Bertz CT molecular complexity index is 335. The molecule has 0 aliphatic heterocycles. The Morgan fingerprint density at radius 1 is 1.41 bits per heavy atom. The molecule has 0 amide bonds. The minimum atomic E-state index is -0.508. The molecule has 3 nitrogen and oxygen atoms in total. The molecule has 2 N–H and O–H groups in total. The summed E-state index contributed by atoms with van der Waals surface area (Å²) in [6.07, 6.45) is 2.15. The standard InChI is InChI=1S/C14H21NO2/c1-4-10-15-13(5-2)14(16)11-6-8-12(17-3)9-7-11/h4,6-9,13-16H,1,5,10H2,2-3H3. The number of aliphatic hydroxyl groups is 1. The summed E-state index contributed by atoms with van der Waals surface area (Å²) in [5, 5.41) is 13.5. The SMILES string of the molecule is C=CCNC(CC)C(O)c1ccc(OC)cc1. The minimum Gasteiger partial charge on any atom is -0.497 e. The van der Waals surface area contributed by atoms with Crippen LogP contribution in [0.15, 0.2) is 36.9 Å². The van der Waals surface area contributed by atoms with Gasteiger partial charge in [0.2, 0.25) is 0 Å². The van der Waals surface area contributed by atoms with Gasteiger partial charge in [0.1, 0.15) is 5.75 Å². The lowest BCUT2D eigenvalue weighted by Crippen LogP contribution is -2.34. The predicted molar refractivity (Wildman–Crippen MR) is 70.2 cm³/mol. The van der Waals surface area contributed by atoms with Gasteiger partial charge in [-0.2, -0.15) is 0 Å². The van der Waals surface area contributed by atoms with Crippen LogP contribution >= 0.6 is 0 Å². The van der Waals surface area contributed by atoms with Gasteiger partial charge in [0.15, 0.2) is 0 Å². The third kappa shape index (κ3) is 3.88. The highest BCUT2D eigenvalue weighted by atomic mass is 16.5. The summed E-state index contributed by atoms with van der Waals surface area (Å²) in [7, 11) is 1.63. The number of hydrogen-bond acceptors (Lipinski definition) is 3. The first-order valence-corrected chi connectivity index (χ1v) is 5.89. The molecule has 1 rings (SSSR count). The fraction of sp³-hybridized carbons (Fsp3) is 0.429. The molecule has 0 radical (unpaired) electrons. The average Bonchev–Trinajstić information content (AvgIpc) is 2.39. The zero-order valence-corrected chi connectivity index (χ0v) is 10.5. The van der Waals surface area contributed by atoms with E-state index in [1.165, 1.54) is 0 Å². The quantitative estimate of drug-likeness (QED) is 0.712. The largest absolute Gasteiger partial charge is 0.497 e. The van der Waals surface area contributed by atoms with Crippen LogP contribution in [0, 0.1) is 0 Å². The molecule has 0 spiro atoms. The number of benzene rings is 1. The Hall–Kier alpha value is -1.32. The van der Waals surface area contributed by atoms with E-state index >= 15 is 0 Å². The fourth-order valence-corrected chi connectivity index (χ4v) is 1.75. The average molecular weight is 235 g/mol. The maximum absolute atomic E-state index is 10.2. The highest BCUT2D eigenvalue weighted by molar-refractivity contribution is 5.29. The second-order valence-corrected chi connectivity index (χ2v) is 3.93. The van der Waals surface area contributed by atoms with Crippen LogP contribution in [-0.2, 0) is 0 Å². The third-order valence-corrected chi connectivity index (χ3v) is 2.80. The lowest BCUT2D eigenvalue weighted by atomic mass is 10.0. The van der Waals surface area contributed by atoms with Gasteiger partial charge in [-0.05, 0) is 24.1 Å². The number of methoxy groups -OCH3 is 1. The Labute approximate surface area is 103 Å². The number of ether oxygens (including phenoxy) is 1. The molecular weight excluding hydrogens is 214 g/mol. The fourth-order valence-electron chi connectivity index (χ4n) is 1.75. The van der Waals surface area contributed by atoms with Crippen molar-refractivity contribution in [3.8, 4) is 5.75 Å². The van der Waals surface area contributed by atoms with Crippen LogP contribution in [0.2, 0.25) is 0 Å². The Balaban J connectivity index is 2.70. The van der Waals surface area contributed by atoms with Crippen LogP contribution in [0.25, 0.3) is 0 Å². The summed E-state index contributed by atoms with van der Waals surface area (Å²) in [5.74, 6) is 0.799. The zero-order chi connectivity index (χ0) is 12.7. The molecule has 94 valence electrons. The molecule has 0 saturated heterocycles. The maximum atomic E-state index is 10.2. The van der Waals surface area contributed by atoms with E-state index < -0.39 is 6.10 Å². The van der Waals surface area contributed by atoms with Crippen molar-refractivity contribution >= 4 is 0 Å². The summed E-state index contributed by atoms with van der Waals surface area (Å²) in [6.45, 7) is 6.41. The van der Waals surface area contributed by atoms with Crippen molar-refractivity contribution in [3.63, 3.8) is 0 Å². The lowest BCUT2D eigenvalue weighted by Gasteiger charge is -2.22. The van der Waals surface area contributed by atoms with E-state index in [4.69, 9.17) is 4.74 Å². The summed E-state index contributed by atoms with van der Waals surface area (Å²) < 4.78 is 5.09. The smallest absolute Gasteiger partial charge is 0.118 e. The monoisotopic (exact) mass is 235 g/mol. The number of nitrogens with one attached hydrogen (secondary N) is 1. The van der Waals surface area contributed by atoms with Crippen molar-refractivity contribution in [2.24, 2.45) is 0 Å². The van der Waals surface area contributed by atoms with Crippen molar-refractivity contribution in [3.05, 3.63) is 42.5 Å². The second kappa shape index (κ2) is 7.09. The molecule has 3 heteroatoms. The molecule has 0 aliphatic rings. The molecule has 2 atom stereocenters. The van der Waals surface area contributed by atoms with Gasteiger partial charge in [-0.1, -0.05) is 25.1 Å². The molecule has 0 bridgehead atoms. The molecule has 17 heavy (non-hydrogen) atoms. The van der Waals surface area contributed by atoms with E-state index in [0.717, 1.165) is 17.7 Å². The van der Waals surface area contributed by atoms with Gasteiger partial charge in [0.25, 0.3) is 0 Å². The van der Waals surface area contributed by atoms with Gasteiger partial charge in [-0.3, -0.25) is 0 Å². The van der Waals surface area contributed by atoms with Gasteiger partial charge in [0.05, 0.1) is 13.2 Å². The summed E-state index contributed by atoms with van der Waals surface area (Å²) >= 11 is 0. The molecule has 1 aromatic rings. The van der Waals surface area contributed by atoms with Crippen LogP contribution in [0.4, 0.5) is 0 Å². The second-order valence-electron chi connectivity index (χ2n) is 3.93. The van der Waals surface area contributed by atoms with Crippen LogP contribution in [-0.4, -0.2) is 24.8 Å². The summed E-state index contributed by atoms with van der Waals surface area (Å²) in [6, 6.07) is 7.54. The molecule has 0 aromatic heterocycles. The van der Waals surface area contributed by atoms with Crippen molar-refractivity contribution < 1.29 is 9.84 Å². The molecule has 0 heterocycles. The van der Waals surface area contributed by atoms with Gasteiger partial charge in [-0.15, -0.1) is 6.58 Å². The first-order chi connectivity index (χ1) is 8.22. The van der Waals surface area contributed by atoms with Crippen molar-refractivity contribution in [1.29, 1.82) is 0 Å². The highest BCUT2D eigenvalue weighted by Crippen LogP contribution is 2.21. The number of hydrogen-bond donors (Lipinski definition) is 2. The molecular formula is C14H21NO2. The van der Waals surface area contributed by atoms with E-state index in [1.54, 1.807) is 13.2 Å². The summed E-state index contributed by atoms with van der Waals surface area (Å²) in [5.41, 5.74) is 0.897. The Morgan fingerprint density at radius 2 is 2.06 bits per heavy atom. The Kier molecular flexibility index (Phi) is 5.73. The molecule has 2 unspecified atom stereocenters. The highest BCUT2D eigenvalue weighted by Gasteiger charge is 2.17. The van der Waals surface area contributed by atoms with Crippen molar-refractivity contribution in [2.75, 3.05) is 13.7 Å². The first-order valence-electron chi connectivity index (χ1n) is 5.89. The van der Waals surface area contributed by atoms with E-state index in [1.807, 2.05) is 31.2 Å². The zero-order valence-electron chi connectivity index (χ0n) is 10.5. The number of aliphatic hydroxyl groups excluding tert-OH is 1. The van der Waals surface area contributed by atoms with Crippen LogP contribution in [0.3, 0.4) is 0 Å². The van der Waals surface area contributed by atoms with E-state index in [9.17, 15) is 5.11 Å². The first kappa shape index (κ1) is 13.7. The molecule has 0 aliphatic carbocycles. The van der Waals surface area contributed by atoms with Crippen LogP contribution in [0.5, 0.6) is 5.75 Å². The third-order valence-electron chi connectivity index (χ3n) is 2.80. The number of rotatable bonds is 7. The molecule has 0 fully saturated rings. The van der Waals surface area contributed by atoms with E-state index in [2.05, 4.69) is 11.9 Å². The normalized spacial score (nSPS) is 14.1. The van der Waals surface area contributed by atoms with Gasteiger partial charge in [-0.25, -0.2) is 0 Å². The van der Waals surface area contributed by atoms with E-state index in [0.29, 0.717) is 6.54 Å². The molecule has 0 saturated carbocycles. The van der Waals surface area contributed by atoms with Gasteiger partial charge >= 0.3 is 0 Å². The summed E-state index contributed by atoms with van der Waals surface area (Å²) in [4.78, 5) is 0. The lowest BCUT2D eigenvalue weighted by molar-refractivity contribution is 0.128.